The number of nitrogens with one attached hydrogen (secondary N) is 1. The van der Waals surface area contributed by atoms with Crippen LogP contribution in [0.2, 0.25) is 5.02 Å². The molecule has 1 aromatic rings. The zero-order chi connectivity index (χ0) is 13.5. The van der Waals surface area contributed by atoms with E-state index < -0.39 is 6.10 Å². The molecule has 18 heavy (non-hydrogen) atoms. The van der Waals surface area contributed by atoms with Gasteiger partial charge in [0.15, 0.2) is 6.10 Å². The van der Waals surface area contributed by atoms with Crippen molar-refractivity contribution < 1.29 is 9.53 Å². The summed E-state index contributed by atoms with van der Waals surface area (Å²) in [5.74, 6) is 0.542. The van der Waals surface area contributed by atoms with Crippen molar-refractivity contribution in [3.8, 4) is 5.75 Å². The summed E-state index contributed by atoms with van der Waals surface area (Å²) in [7, 11) is 0. The van der Waals surface area contributed by atoms with Gasteiger partial charge >= 0.3 is 0 Å². The number of amides is 1. The second-order valence-electron chi connectivity index (χ2n) is 4.29. The normalized spacial score (nSPS) is 13.8. The molecule has 2 unspecified atom stereocenters. The molecule has 0 spiro atoms. The van der Waals surface area contributed by atoms with E-state index in [1.807, 2.05) is 20.8 Å². The molecule has 4 heteroatoms. The van der Waals surface area contributed by atoms with Crippen LogP contribution in [0.3, 0.4) is 0 Å². The van der Waals surface area contributed by atoms with Gasteiger partial charge < -0.3 is 10.1 Å². The Labute approximate surface area is 113 Å². The van der Waals surface area contributed by atoms with Crippen LogP contribution in [0.25, 0.3) is 0 Å². The Kier molecular flexibility index (Phi) is 5.99. The Hall–Kier alpha value is -1.22. The van der Waals surface area contributed by atoms with Gasteiger partial charge in [-0.2, -0.15) is 0 Å². The highest BCUT2D eigenvalue weighted by Crippen LogP contribution is 2.19. The fourth-order valence-electron chi connectivity index (χ4n) is 1.46. The van der Waals surface area contributed by atoms with E-state index in [4.69, 9.17) is 16.3 Å². The zero-order valence-electron chi connectivity index (χ0n) is 11.1. The summed E-state index contributed by atoms with van der Waals surface area (Å²) >= 11 is 5.88. The SMILES string of the molecule is CCC(C)NC(=O)C(CC)Oc1cccc(Cl)c1. The summed E-state index contributed by atoms with van der Waals surface area (Å²) in [6.07, 6.45) is 1.05. The molecule has 0 aromatic heterocycles. The quantitative estimate of drug-likeness (QED) is 0.859. The number of hydrogen-bond acceptors (Lipinski definition) is 2. The molecule has 0 heterocycles. The van der Waals surface area contributed by atoms with E-state index in [0.29, 0.717) is 17.2 Å². The first kappa shape index (κ1) is 14.8. The van der Waals surface area contributed by atoms with Gasteiger partial charge in [-0.3, -0.25) is 4.79 Å². The molecule has 1 rings (SSSR count). The lowest BCUT2D eigenvalue weighted by molar-refractivity contribution is -0.128. The number of benzene rings is 1. The standard InChI is InChI=1S/C14H20ClNO2/c1-4-10(3)16-14(17)13(5-2)18-12-8-6-7-11(15)9-12/h6-10,13H,4-5H2,1-3H3,(H,16,17). The van der Waals surface area contributed by atoms with Crippen LogP contribution in [0.1, 0.15) is 33.6 Å². The first-order valence-corrected chi connectivity index (χ1v) is 6.67. The number of carbonyl (C=O) groups excluding carboxylic acids is 1. The molecule has 1 amide bonds. The second kappa shape index (κ2) is 7.27. The molecular weight excluding hydrogens is 250 g/mol. The molecule has 100 valence electrons. The van der Waals surface area contributed by atoms with E-state index in [9.17, 15) is 4.79 Å². The van der Waals surface area contributed by atoms with Crippen LogP contribution >= 0.6 is 11.6 Å². The molecule has 0 fully saturated rings. The van der Waals surface area contributed by atoms with Crippen LogP contribution < -0.4 is 10.1 Å². The fourth-order valence-corrected chi connectivity index (χ4v) is 1.64. The van der Waals surface area contributed by atoms with Gasteiger partial charge in [0.1, 0.15) is 5.75 Å². The van der Waals surface area contributed by atoms with Gasteiger partial charge in [-0.05, 0) is 38.0 Å². The number of hydrogen-bond donors (Lipinski definition) is 1. The minimum atomic E-state index is -0.475. The minimum absolute atomic E-state index is 0.0770. The van der Waals surface area contributed by atoms with Crippen molar-refractivity contribution in [3.05, 3.63) is 29.3 Å². The van der Waals surface area contributed by atoms with Gasteiger partial charge in [0.25, 0.3) is 5.91 Å². The van der Waals surface area contributed by atoms with E-state index in [-0.39, 0.29) is 11.9 Å². The first-order chi connectivity index (χ1) is 8.56. The summed E-state index contributed by atoms with van der Waals surface area (Å²) in [5.41, 5.74) is 0. The fraction of sp³-hybridized carbons (Fsp3) is 0.500. The number of halogens is 1. The van der Waals surface area contributed by atoms with Crippen molar-refractivity contribution in [2.75, 3.05) is 0 Å². The van der Waals surface area contributed by atoms with Crippen molar-refractivity contribution in [1.29, 1.82) is 0 Å². The van der Waals surface area contributed by atoms with Crippen molar-refractivity contribution in [3.63, 3.8) is 0 Å². The molecule has 0 aliphatic carbocycles. The maximum atomic E-state index is 12.0. The van der Waals surface area contributed by atoms with Gasteiger partial charge in [0.05, 0.1) is 0 Å². The third-order valence-corrected chi connectivity index (χ3v) is 2.97. The van der Waals surface area contributed by atoms with Gasteiger partial charge in [0, 0.05) is 11.1 Å². The molecule has 0 radical (unpaired) electrons. The van der Waals surface area contributed by atoms with Crippen molar-refractivity contribution in [2.45, 2.75) is 45.8 Å². The second-order valence-corrected chi connectivity index (χ2v) is 4.73. The van der Waals surface area contributed by atoms with Crippen LogP contribution in [-0.2, 0) is 4.79 Å². The highest BCUT2D eigenvalue weighted by molar-refractivity contribution is 6.30. The molecule has 0 aliphatic heterocycles. The van der Waals surface area contributed by atoms with Crippen LogP contribution in [0.4, 0.5) is 0 Å². The molecule has 0 aliphatic rings. The summed E-state index contributed by atoms with van der Waals surface area (Å²) < 4.78 is 5.66. The molecular formula is C14H20ClNO2. The van der Waals surface area contributed by atoms with Crippen LogP contribution in [0.5, 0.6) is 5.75 Å². The van der Waals surface area contributed by atoms with Crippen LogP contribution in [0.15, 0.2) is 24.3 Å². The smallest absolute Gasteiger partial charge is 0.261 e. The van der Waals surface area contributed by atoms with Crippen LogP contribution in [-0.4, -0.2) is 18.1 Å². The topological polar surface area (TPSA) is 38.3 Å². The Bertz CT molecular complexity index is 395. The maximum Gasteiger partial charge on any atom is 0.261 e. The predicted molar refractivity (Wildman–Crippen MR) is 74.1 cm³/mol. The average Bonchev–Trinajstić information content (AvgIpc) is 2.35. The molecule has 0 saturated carbocycles. The molecule has 1 N–H and O–H groups in total. The van der Waals surface area contributed by atoms with Crippen LogP contribution in [0, 0.1) is 0 Å². The molecule has 2 atom stereocenters. The lowest BCUT2D eigenvalue weighted by Crippen LogP contribution is -2.42. The highest BCUT2D eigenvalue weighted by atomic mass is 35.5. The Morgan fingerprint density at radius 2 is 2.11 bits per heavy atom. The van der Waals surface area contributed by atoms with E-state index >= 15 is 0 Å². The Balaban J connectivity index is 2.64. The van der Waals surface area contributed by atoms with Gasteiger partial charge in [-0.25, -0.2) is 0 Å². The maximum absolute atomic E-state index is 12.0. The van der Waals surface area contributed by atoms with Gasteiger partial charge in [-0.1, -0.05) is 31.5 Å². The summed E-state index contributed by atoms with van der Waals surface area (Å²) in [6.45, 7) is 5.93. The number of rotatable bonds is 6. The third-order valence-electron chi connectivity index (χ3n) is 2.74. The summed E-state index contributed by atoms with van der Waals surface area (Å²) in [4.78, 5) is 12.0. The summed E-state index contributed by atoms with van der Waals surface area (Å²) in [6, 6.07) is 7.24. The Morgan fingerprint density at radius 3 is 2.67 bits per heavy atom. The number of ether oxygens (including phenoxy) is 1. The molecule has 0 saturated heterocycles. The third kappa shape index (κ3) is 4.57. The van der Waals surface area contributed by atoms with E-state index in [1.54, 1.807) is 24.3 Å². The van der Waals surface area contributed by atoms with Crippen molar-refractivity contribution in [2.24, 2.45) is 0 Å². The Morgan fingerprint density at radius 1 is 1.39 bits per heavy atom. The highest BCUT2D eigenvalue weighted by Gasteiger charge is 2.19. The largest absolute Gasteiger partial charge is 0.481 e. The minimum Gasteiger partial charge on any atom is -0.481 e. The molecule has 3 nitrogen and oxygen atoms in total. The average molecular weight is 270 g/mol. The van der Waals surface area contributed by atoms with Gasteiger partial charge in [0.2, 0.25) is 0 Å². The first-order valence-electron chi connectivity index (χ1n) is 6.29. The van der Waals surface area contributed by atoms with Gasteiger partial charge in [-0.15, -0.1) is 0 Å². The van der Waals surface area contributed by atoms with Crippen molar-refractivity contribution >= 4 is 17.5 Å². The van der Waals surface area contributed by atoms with E-state index in [2.05, 4.69) is 5.32 Å². The molecule has 1 aromatic carbocycles. The van der Waals surface area contributed by atoms with Crippen molar-refractivity contribution in [1.82, 2.24) is 5.32 Å². The predicted octanol–water partition coefficient (Wildman–Crippen LogP) is 3.41. The van der Waals surface area contributed by atoms with E-state index in [0.717, 1.165) is 6.42 Å². The zero-order valence-corrected chi connectivity index (χ0v) is 11.8. The lowest BCUT2D eigenvalue weighted by atomic mass is 10.2. The van der Waals surface area contributed by atoms with E-state index in [1.165, 1.54) is 0 Å². The number of carbonyl (C=O) groups is 1. The lowest BCUT2D eigenvalue weighted by Gasteiger charge is -2.19. The molecule has 0 bridgehead atoms. The summed E-state index contributed by atoms with van der Waals surface area (Å²) in [5, 5.41) is 3.52. The monoisotopic (exact) mass is 269 g/mol.